The van der Waals surface area contributed by atoms with Gasteiger partial charge in [0.25, 0.3) is 5.91 Å². The van der Waals surface area contributed by atoms with Crippen molar-refractivity contribution in [2.45, 2.75) is 20.1 Å². The van der Waals surface area contributed by atoms with E-state index in [1.54, 1.807) is 17.0 Å². The molecule has 3 rings (SSSR count). The molecule has 1 fully saturated rings. The average molecular weight is 498 g/mol. The van der Waals surface area contributed by atoms with Crippen LogP contribution in [-0.2, 0) is 13.2 Å². The largest absolute Gasteiger partial charge is 0.459 e. The molecule has 1 aromatic heterocycles. The summed E-state index contributed by atoms with van der Waals surface area (Å²) in [4.78, 5) is 21.1. The Kier molecular flexibility index (Phi) is 8.78. The Balaban J connectivity index is 0.00000280. The highest BCUT2D eigenvalue weighted by Gasteiger charge is 2.25. The van der Waals surface area contributed by atoms with Crippen molar-refractivity contribution in [3.05, 3.63) is 59.5 Å². The number of guanidine groups is 1. The summed E-state index contributed by atoms with van der Waals surface area (Å²) < 4.78 is 5.21. The SMILES string of the molecule is CCNC(=NCc1ccccc1CO)N1CCN(C(=O)c2ccco2)CC1.I. The predicted octanol–water partition coefficient (Wildman–Crippen LogP) is 2.31. The fourth-order valence-corrected chi connectivity index (χ4v) is 3.13. The van der Waals surface area contributed by atoms with E-state index in [1.807, 2.05) is 31.2 Å². The summed E-state index contributed by atoms with van der Waals surface area (Å²) in [7, 11) is 0. The standard InChI is InChI=1S/C20H26N4O3.HI/c1-2-21-20(22-14-16-6-3-4-7-17(16)15-25)24-11-9-23(10-12-24)19(26)18-8-5-13-27-18;/h3-8,13,25H,2,9-12,14-15H2,1H3,(H,21,22);1H. The fourth-order valence-electron chi connectivity index (χ4n) is 3.13. The molecule has 0 radical (unpaired) electrons. The molecule has 0 atom stereocenters. The first kappa shape index (κ1) is 22.2. The Bertz CT molecular complexity index is 772. The van der Waals surface area contributed by atoms with Gasteiger partial charge in [0.1, 0.15) is 0 Å². The molecule has 2 heterocycles. The van der Waals surface area contributed by atoms with E-state index in [9.17, 15) is 9.90 Å². The third-order valence-electron chi connectivity index (χ3n) is 4.62. The van der Waals surface area contributed by atoms with E-state index < -0.39 is 0 Å². The molecule has 0 unspecified atom stereocenters. The Morgan fingerprint density at radius 3 is 2.39 bits per heavy atom. The number of nitrogens with one attached hydrogen (secondary N) is 1. The van der Waals surface area contributed by atoms with E-state index in [-0.39, 0.29) is 36.5 Å². The lowest BCUT2D eigenvalue weighted by Crippen LogP contribution is -2.53. The van der Waals surface area contributed by atoms with E-state index in [2.05, 4.69) is 10.2 Å². The molecule has 0 spiro atoms. The minimum atomic E-state index is -0.0709. The van der Waals surface area contributed by atoms with Gasteiger partial charge in [0.15, 0.2) is 11.7 Å². The van der Waals surface area contributed by atoms with Crippen LogP contribution < -0.4 is 5.32 Å². The van der Waals surface area contributed by atoms with Crippen molar-refractivity contribution in [1.82, 2.24) is 15.1 Å². The molecule has 28 heavy (non-hydrogen) atoms. The van der Waals surface area contributed by atoms with Crippen LogP contribution in [-0.4, -0.2) is 59.5 Å². The van der Waals surface area contributed by atoms with Crippen LogP contribution in [0, 0.1) is 0 Å². The smallest absolute Gasteiger partial charge is 0.289 e. The van der Waals surface area contributed by atoms with Crippen LogP contribution in [0.4, 0.5) is 0 Å². The second kappa shape index (κ2) is 11.1. The summed E-state index contributed by atoms with van der Waals surface area (Å²) in [5, 5.41) is 12.8. The van der Waals surface area contributed by atoms with Gasteiger partial charge in [-0.05, 0) is 30.2 Å². The molecule has 2 N–H and O–H groups in total. The van der Waals surface area contributed by atoms with E-state index in [4.69, 9.17) is 9.41 Å². The van der Waals surface area contributed by atoms with Crippen LogP contribution in [0.1, 0.15) is 28.6 Å². The fraction of sp³-hybridized carbons (Fsp3) is 0.400. The van der Waals surface area contributed by atoms with Crippen molar-refractivity contribution in [1.29, 1.82) is 0 Å². The number of furan rings is 1. The quantitative estimate of drug-likeness (QED) is 0.376. The van der Waals surface area contributed by atoms with E-state index in [1.165, 1.54) is 6.26 Å². The van der Waals surface area contributed by atoms with Gasteiger partial charge in [0, 0.05) is 32.7 Å². The maximum Gasteiger partial charge on any atom is 0.289 e. The molecule has 1 aromatic carbocycles. The average Bonchev–Trinajstić information content (AvgIpc) is 3.26. The van der Waals surface area contributed by atoms with Gasteiger partial charge in [-0.1, -0.05) is 24.3 Å². The number of nitrogens with zero attached hydrogens (tertiary/aromatic N) is 3. The topological polar surface area (TPSA) is 81.3 Å². The number of halogens is 1. The zero-order chi connectivity index (χ0) is 19.1. The molecule has 2 aromatic rings. The van der Waals surface area contributed by atoms with Gasteiger partial charge >= 0.3 is 0 Å². The molecule has 0 bridgehead atoms. The number of carbonyl (C=O) groups is 1. The van der Waals surface area contributed by atoms with Gasteiger partial charge in [-0.15, -0.1) is 24.0 Å². The number of rotatable bonds is 5. The summed E-state index contributed by atoms with van der Waals surface area (Å²) in [6.07, 6.45) is 1.52. The monoisotopic (exact) mass is 498 g/mol. The molecular weight excluding hydrogens is 471 g/mol. The van der Waals surface area contributed by atoms with Crippen molar-refractivity contribution in [2.24, 2.45) is 4.99 Å². The third-order valence-corrected chi connectivity index (χ3v) is 4.62. The maximum absolute atomic E-state index is 12.4. The molecule has 8 heteroatoms. The zero-order valence-corrected chi connectivity index (χ0v) is 18.3. The lowest BCUT2D eigenvalue weighted by molar-refractivity contribution is 0.0657. The summed E-state index contributed by atoms with van der Waals surface area (Å²) in [6, 6.07) is 11.2. The molecule has 1 saturated heterocycles. The lowest BCUT2D eigenvalue weighted by Gasteiger charge is -2.36. The second-order valence-corrected chi connectivity index (χ2v) is 6.35. The second-order valence-electron chi connectivity index (χ2n) is 6.35. The Hall–Kier alpha value is -2.07. The first-order valence-corrected chi connectivity index (χ1v) is 9.26. The van der Waals surface area contributed by atoms with Crippen LogP contribution in [0.15, 0.2) is 52.1 Å². The first-order valence-electron chi connectivity index (χ1n) is 9.26. The lowest BCUT2D eigenvalue weighted by atomic mass is 10.1. The Morgan fingerprint density at radius 2 is 1.79 bits per heavy atom. The predicted molar refractivity (Wildman–Crippen MR) is 119 cm³/mol. The number of aliphatic hydroxyl groups excluding tert-OH is 1. The minimum absolute atomic E-state index is 0. The van der Waals surface area contributed by atoms with Gasteiger partial charge < -0.3 is 24.6 Å². The van der Waals surface area contributed by atoms with Crippen LogP contribution in [0.5, 0.6) is 0 Å². The molecule has 0 aliphatic carbocycles. The Labute approximate surface area is 182 Å². The van der Waals surface area contributed by atoms with Gasteiger partial charge in [-0.3, -0.25) is 4.79 Å². The molecule has 0 saturated carbocycles. The van der Waals surface area contributed by atoms with Crippen LogP contribution in [0.2, 0.25) is 0 Å². The van der Waals surface area contributed by atoms with Crippen molar-refractivity contribution in [2.75, 3.05) is 32.7 Å². The van der Waals surface area contributed by atoms with Gasteiger partial charge in [-0.25, -0.2) is 4.99 Å². The zero-order valence-electron chi connectivity index (χ0n) is 16.0. The van der Waals surface area contributed by atoms with Crippen LogP contribution in [0.25, 0.3) is 0 Å². The third kappa shape index (κ3) is 5.48. The number of piperazine rings is 1. The van der Waals surface area contributed by atoms with Gasteiger partial charge in [0.05, 0.1) is 19.4 Å². The summed E-state index contributed by atoms with van der Waals surface area (Å²) >= 11 is 0. The molecule has 1 amide bonds. The summed E-state index contributed by atoms with van der Waals surface area (Å²) in [5.74, 6) is 1.14. The summed E-state index contributed by atoms with van der Waals surface area (Å²) in [6.45, 7) is 5.98. The molecule has 152 valence electrons. The highest BCUT2D eigenvalue weighted by Crippen LogP contribution is 2.12. The minimum Gasteiger partial charge on any atom is -0.459 e. The van der Waals surface area contributed by atoms with E-state index in [0.29, 0.717) is 38.5 Å². The van der Waals surface area contributed by atoms with E-state index >= 15 is 0 Å². The molecule has 1 aliphatic heterocycles. The molecule has 7 nitrogen and oxygen atoms in total. The van der Waals surface area contributed by atoms with Crippen molar-refractivity contribution >= 4 is 35.8 Å². The molecule has 1 aliphatic rings. The normalized spacial score (nSPS) is 14.6. The first-order chi connectivity index (χ1) is 13.2. The number of aliphatic hydroxyl groups is 1. The summed E-state index contributed by atoms with van der Waals surface area (Å²) in [5.41, 5.74) is 1.91. The van der Waals surface area contributed by atoms with Crippen molar-refractivity contribution in [3.63, 3.8) is 0 Å². The highest BCUT2D eigenvalue weighted by atomic mass is 127. The van der Waals surface area contributed by atoms with Crippen molar-refractivity contribution in [3.8, 4) is 0 Å². The number of hydrogen-bond acceptors (Lipinski definition) is 4. The maximum atomic E-state index is 12.4. The van der Waals surface area contributed by atoms with Crippen LogP contribution in [0.3, 0.4) is 0 Å². The number of hydrogen-bond donors (Lipinski definition) is 2. The number of carbonyl (C=O) groups excluding carboxylic acids is 1. The van der Waals surface area contributed by atoms with E-state index in [0.717, 1.165) is 23.6 Å². The number of aliphatic imine (C=N–C) groups is 1. The van der Waals surface area contributed by atoms with Gasteiger partial charge in [0.2, 0.25) is 0 Å². The Morgan fingerprint density at radius 1 is 1.11 bits per heavy atom. The van der Waals surface area contributed by atoms with Crippen LogP contribution >= 0.6 is 24.0 Å². The van der Waals surface area contributed by atoms with Gasteiger partial charge in [-0.2, -0.15) is 0 Å². The van der Waals surface area contributed by atoms with Crippen molar-refractivity contribution < 1.29 is 14.3 Å². The number of benzene rings is 1. The highest BCUT2D eigenvalue weighted by molar-refractivity contribution is 14.0. The molecular formula is C20H27IN4O3. The number of amides is 1.